The molecule has 1 aromatic heterocycles. The highest BCUT2D eigenvalue weighted by atomic mass is 35.5. The zero-order valence-electron chi connectivity index (χ0n) is 7.12. The van der Waals surface area contributed by atoms with Crippen LogP contribution in [0.2, 0.25) is 5.02 Å². The predicted octanol–water partition coefficient (Wildman–Crippen LogP) is 2.97. The van der Waals surface area contributed by atoms with Crippen molar-refractivity contribution >= 4 is 33.2 Å². The van der Waals surface area contributed by atoms with Gasteiger partial charge in [0.1, 0.15) is 5.01 Å². The Hall–Kier alpha value is -0.640. The molecule has 2 N–H and O–H groups in total. The first-order valence-corrected chi connectivity index (χ1v) is 5.18. The molecule has 2 aromatic rings. The minimum atomic E-state index is -0.00354. The lowest BCUT2D eigenvalue weighted by Gasteiger charge is -1.95. The Kier molecular flexibility index (Phi) is 2.24. The number of rotatable bonds is 1. The molecule has 13 heavy (non-hydrogen) atoms. The molecule has 0 unspecified atom stereocenters. The largest absolute Gasteiger partial charge is 0.322 e. The molecule has 4 heteroatoms. The fraction of sp³-hybridized carbons (Fsp3) is 0.222. The predicted molar refractivity (Wildman–Crippen MR) is 57.2 cm³/mol. The summed E-state index contributed by atoms with van der Waals surface area (Å²) in [6.45, 7) is 1.93. The summed E-state index contributed by atoms with van der Waals surface area (Å²) in [6, 6.07) is 5.70. The minimum absolute atomic E-state index is 0.00354. The number of fused-ring (bicyclic) bond motifs is 1. The molecule has 0 aliphatic heterocycles. The summed E-state index contributed by atoms with van der Waals surface area (Å²) in [5, 5.41) is 1.67. The summed E-state index contributed by atoms with van der Waals surface area (Å²) in [7, 11) is 0. The third-order valence-corrected chi connectivity index (χ3v) is 3.23. The van der Waals surface area contributed by atoms with Crippen LogP contribution in [0, 0.1) is 0 Å². The van der Waals surface area contributed by atoms with Crippen molar-refractivity contribution in [1.29, 1.82) is 0 Å². The van der Waals surface area contributed by atoms with Crippen LogP contribution in [0.25, 0.3) is 10.2 Å². The van der Waals surface area contributed by atoms with E-state index in [1.165, 1.54) is 0 Å². The standard InChI is InChI=1S/C9H9ClN2S/c1-5(11)9-12-7-4-6(10)2-3-8(7)13-9/h2-5H,11H2,1H3/t5-/m0/s1. The van der Waals surface area contributed by atoms with Gasteiger partial charge < -0.3 is 5.73 Å². The molecule has 0 fully saturated rings. The van der Waals surface area contributed by atoms with Crippen LogP contribution in [0.15, 0.2) is 18.2 Å². The average Bonchev–Trinajstić information content (AvgIpc) is 2.46. The van der Waals surface area contributed by atoms with Crippen LogP contribution >= 0.6 is 22.9 Å². The lowest BCUT2D eigenvalue weighted by molar-refractivity contribution is 0.810. The fourth-order valence-electron chi connectivity index (χ4n) is 1.11. The van der Waals surface area contributed by atoms with Crippen molar-refractivity contribution in [2.24, 2.45) is 5.73 Å². The van der Waals surface area contributed by atoms with E-state index >= 15 is 0 Å². The number of aromatic nitrogens is 1. The maximum Gasteiger partial charge on any atom is 0.110 e. The Labute approximate surface area is 85.3 Å². The molecule has 0 amide bonds. The number of nitrogens with two attached hydrogens (primary N) is 1. The number of hydrogen-bond donors (Lipinski definition) is 1. The van der Waals surface area contributed by atoms with Crippen molar-refractivity contribution in [3.05, 3.63) is 28.2 Å². The van der Waals surface area contributed by atoms with Crippen molar-refractivity contribution in [2.75, 3.05) is 0 Å². The van der Waals surface area contributed by atoms with Gasteiger partial charge in [0.05, 0.1) is 16.3 Å². The molecule has 0 aliphatic rings. The van der Waals surface area contributed by atoms with Crippen LogP contribution in [-0.4, -0.2) is 4.98 Å². The Bertz CT molecular complexity index is 436. The molecule has 68 valence electrons. The van der Waals surface area contributed by atoms with Gasteiger partial charge in [-0.25, -0.2) is 4.98 Å². The van der Waals surface area contributed by atoms with E-state index in [-0.39, 0.29) is 6.04 Å². The lowest BCUT2D eigenvalue weighted by atomic mass is 10.3. The van der Waals surface area contributed by atoms with Crippen LogP contribution < -0.4 is 5.73 Å². The Morgan fingerprint density at radius 3 is 3.00 bits per heavy atom. The molecule has 1 atom stereocenters. The van der Waals surface area contributed by atoms with E-state index in [9.17, 15) is 0 Å². The fourth-order valence-corrected chi connectivity index (χ4v) is 2.18. The van der Waals surface area contributed by atoms with E-state index in [4.69, 9.17) is 17.3 Å². The molecule has 2 rings (SSSR count). The van der Waals surface area contributed by atoms with Gasteiger partial charge in [0.15, 0.2) is 0 Å². The van der Waals surface area contributed by atoms with Gasteiger partial charge in [-0.2, -0.15) is 0 Å². The molecule has 0 radical (unpaired) electrons. The van der Waals surface area contributed by atoms with Gasteiger partial charge >= 0.3 is 0 Å². The smallest absolute Gasteiger partial charge is 0.110 e. The van der Waals surface area contributed by atoms with E-state index in [0.717, 1.165) is 15.2 Å². The summed E-state index contributed by atoms with van der Waals surface area (Å²) >= 11 is 7.46. The highest BCUT2D eigenvalue weighted by Crippen LogP contribution is 2.27. The van der Waals surface area contributed by atoms with E-state index in [1.807, 2.05) is 25.1 Å². The molecule has 1 aromatic carbocycles. The van der Waals surface area contributed by atoms with Gasteiger partial charge in [-0.15, -0.1) is 11.3 Å². The molecular weight excluding hydrogens is 204 g/mol. The number of hydrogen-bond acceptors (Lipinski definition) is 3. The quantitative estimate of drug-likeness (QED) is 0.790. The molecule has 1 heterocycles. The van der Waals surface area contributed by atoms with Crippen molar-refractivity contribution in [3.8, 4) is 0 Å². The van der Waals surface area contributed by atoms with Crippen molar-refractivity contribution < 1.29 is 0 Å². The lowest BCUT2D eigenvalue weighted by Crippen LogP contribution is -2.03. The third kappa shape index (κ3) is 1.68. The first kappa shape index (κ1) is 8.94. The summed E-state index contributed by atoms with van der Waals surface area (Å²) in [6.07, 6.45) is 0. The van der Waals surface area contributed by atoms with Gasteiger partial charge in [0, 0.05) is 5.02 Å². The van der Waals surface area contributed by atoms with Crippen LogP contribution in [-0.2, 0) is 0 Å². The maximum absolute atomic E-state index is 5.84. The van der Waals surface area contributed by atoms with E-state index in [2.05, 4.69) is 4.98 Å². The molecule has 0 saturated heterocycles. The van der Waals surface area contributed by atoms with Crippen LogP contribution in [0.1, 0.15) is 18.0 Å². The first-order chi connectivity index (χ1) is 6.16. The van der Waals surface area contributed by atoms with E-state index in [1.54, 1.807) is 11.3 Å². The summed E-state index contributed by atoms with van der Waals surface area (Å²) in [4.78, 5) is 4.38. The van der Waals surface area contributed by atoms with Gasteiger partial charge in [0.25, 0.3) is 0 Å². The first-order valence-electron chi connectivity index (χ1n) is 3.98. The number of thiazole rings is 1. The van der Waals surface area contributed by atoms with Crippen LogP contribution in [0.3, 0.4) is 0 Å². The topological polar surface area (TPSA) is 38.9 Å². The van der Waals surface area contributed by atoms with Crippen LogP contribution in [0.4, 0.5) is 0 Å². The number of halogens is 1. The SMILES string of the molecule is C[C@H](N)c1nc2cc(Cl)ccc2s1. The average molecular weight is 213 g/mol. The normalized spacial score (nSPS) is 13.5. The monoisotopic (exact) mass is 212 g/mol. The molecule has 0 bridgehead atoms. The third-order valence-electron chi connectivity index (χ3n) is 1.76. The second kappa shape index (κ2) is 3.25. The Morgan fingerprint density at radius 2 is 2.31 bits per heavy atom. The summed E-state index contributed by atoms with van der Waals surface area (Å²) in [5.41, 5.74) is 6.67. The highest BCUT2D eigenvalue weighted by molar-refractivity contribution is 7.18. The zero-order chi connectivity index (χ0) is 9.42. The molecule has 0 aliphatic carbocycles. The summed E-state index contributed by atoms with van der Waals surface area (Å²) in [5.74, 6) is 0. The van der Waals surface area contributed by atoms with Crippen LogP contribution in [0.5, 0.6) is 0 Å². The zero-order valence-corrected chi connectivity index (χ0v) is 8.69. The molecular formula is C9H9ClN2S. The van der Waals surface area contributed by atoms with Gasteiger partial charge in [0.2, 0.25) is 0 Å². The highest BCUT2D eigenvalue weighted by Gasteiger charge is 2.07. The van der Waals surface area contributed by atoms with Gasteiger partial charge in [-0.1, -0.05) is 11.6 Å². The number of nitrogens with zero attached hydrogens (tertiary/aromatic N) is 1. The van der Waals surface area contributed by atoms with Crippen molar-refractivity contribution in [1.82, 2.24) is 4.98 Å². The second-order valence-electron chi connectivity index (χ2n) is 2.95. The van der Waals surface area contributed by atoms with Gasteiger partial charge in [-0.3, -0.25) is 0 Å². The van der Waals surface area contributed by atoms with Crippen molar-refractivity contribution in [3.63, 3.8) is 0 Å². The Morgan fingerprint density at radius 1 is 1.54 bits per heavy atom. The number of benzene rings is 1. The molecule has 0 spiro atoms. The van der Waals surface area contributed by atoms with E-state index in [0.29, 0.717) is 5.02 Å². The Balaban J connectivity index is 2.62. The minimum Gasteiger partial charge on any atom is -0.322 e. The van der Waals surface area contributed by atoms with Crippen molar-refractivity contribution in [2.45, 2.75) is 13.0 Å². The second-order valence-corrected chi connectivity index (χ2v) is 4.45. The van der Waals surface area contributed by atoms with E-state index < -0.39 is 0 Å². The molecule has 2 nitrogen and oxygen atoms in total. The maximum atomic E-state index is 5.84. The molecule has 0 saturated carbocycles. The van der Waals surface area contributed by atoms with Gasteiger partial charge in [-0.05, 0) is 25.1 Å². The summed E-state index contributed by atoms with van der Waals surface area (Å²) < 4.78 is 1.14.